The molecule has 0 aliphatic heterocycles. The van der Waals surface area contributed by atoms with Crippen LogP contribution in [0.5, 0.6) is 0 Å². The third-order valence-corrected chi connectivity index (χ3v) is 8.43. The van der Waals surface area contributed by atoms with Gasteiger partial charge in [-0.3, -0.25) is 9.59 Å². The van der Waals surface area contributed by atoms with E-state index in [4.69, 9.17) is 4.74 Å². The second kappa shape index (κ2) is 5.69. The summed E-state index contributed by atoms with van der Waals surface area (Å²) in [5.74, 6) is 2.17. The molecule has 138 valence electrons. The Bertz CT molecular complexity index is 635. The molecule has 3 saturated carbocycles. The number of carbonyl (C=O) groups excluding carboxylic acids is 2. The Morgan fingerprint density at radius 2 is 2.00 bits per heavy atom. The Hall–Kier alpha value is -1.12. The fourth-order valence-corrected chi connectivity index (χ4v) is 7.19. The number of hydrogen-bond acceptors (Lipinski definition) is 3. The molecule has 4 rings (SSSR count). The van der Waals surface area contributed by atoms with Gasteiger partial charge in [-0.05, 0) is 62.7 Å². The van der Waals surface area contributed by atoms with Gasteiger partial charge in [0, 0.05) is 23.7 Å². The lowest BCUT2D eigenvalue weighted by molar-refractivity contribution is -0.162. The predicted molar refractivity (Wildman–Crippen MR) is 96.8 cm³/mol. The monoisotopic (exact) mass is 344 g/mol. The first kappa shape index (κ1) is 17.3. The maximum atomic E-state index is 12.8. The van der Waals surface area contributed by atoms with Gasteiger partial charge in [0.15, 0.2) is 0 Å². The molecule has 3 heteroatoms. The fourth-order valence-electron chi connectivity index (χ4n) is 7.19. The van der Waals surface area contributed by atoms with E-state index >= 15 is 0 Å². The van der Waals surface area contributed by atoms with Gasteiger partial charge in [-0.2, -0.15) is 0 Å². The third-order valence-electron chi connectivity index (χ3n) is 8.43. The van der Waals surface area contributed by atoms with E-state index in [0.29, 0.717) is 23.5 Å². The van der Waals surface area contributed by atoms with Crippen LogP contribution < -0.4 is 0 Å². The van der Waals surface area contributed by atoms with Gasteiger partial charge < -0.3 is 4.74 Å². The van der Waals surface area contributed by atoms with Gasteiger partial charge in [0.25, 0.3) is 0 Å². The largest absolute Gasteiger partial charge is 0.462 e. The Morgan fingerprint density at radius 1 is 1.24 bits per heavy atom. The standard InChI is InChI=1S/C22H32O3/c1-13-12-18-16-9-8-15-6-5-7-19(25-14(2)23)22(15,4)17(16)10-11-21(18,3)20(13)24/h8,13,16-19H,5-7,9-12H2,1-4H3/t13?,16-,17+,18+,19?,21+,22+/m1/s1. The topological polar surface area (TPSA) is 43.4 Å². The summed E-state index contributed by atoms with van der Waals surface area (Å²) in [6, 6.07) is 0. The van der Waals surface area contributed by atoms with Gasteiger partial charge in [-0.15, -0.1) is 0 Å². The quantitative estimate of drug-likeness (QED) is 0.512. The number of fused-ring (bicyclic) bond motifs is 5. The lowest BCUT2D eigenvalue weighted by Gasteiger charge is -2.58. The minimum absolute atomic E-state index is 0.0108. The smallest absolute Gasteiger partial charge is 0.302 e. The Labute approximate surface area is 151 Å². The van der Waals surface area contributed by atoms with Gasteiger partial charge in [0.2, 0.25) is 0 Å². The fraction of sp³-hybridized carbons (Fsp3) is 0.818. The van der Waals surface area contributed by atoms with Crippen LogP contribution in [0, 0.1) is 34.5 Å². The average Bonchev–Trinajstić information content (AvgIpc) is 2.79. The number of carbonyl (C=O) groups is 2. The molecule has 0 heterocycles. The number of Topliss-reactive ketones (excluding diaryl/α,β-unsaturated/α-hetero) is 1. The highest BCUT2D eigenvalue weighted by Gasteiger charge is 2.62. The van der Waals surface area contributed by atoms with E-state index in [0.717, 1.165) is 44.9 Å². The van der Waals surface area contributed by atoms with Crippen LogP contribution in [0.25, 0.3) is 0 Å². The summed E-state index contributed by atoms with van der Waals surface area (Å²) in [6.45, 7) is 8.24. The summed E-state index contributed by atoms with van der Waals surface area (Å²) in [5.41, 5.74) is 1.38. The first-order chi connectivity index (χ1) is 11.8. The van der Waals surface area contributed by atoms with E-state index in [1.165, 1.54) is 12.5 Å². The zero-order valence-corrected chi connectivity index (χ0v) is 16.1. The van der Waals surface area contributed by atoms with E-state index in [1.807, 2.05) is 0 Å². The van der Waals surface area contributed by atoms with Crippen molar-refractivity contribution in [3.63, 3.8) is 0 Å². The van der Waals surface area contributed by atoms with Crippen LogP contribution >= 0.6 is 0 Å². The van der Waals surface area contributed by atoms with Crippen LogP contribution in [-0.2, 0) is 14.3 Å². The lowest BCUT2D eigenvalue weighted by atomic mass is 9.47. The molecule has 25 heavy (non-hydrogen) atoms. The number of hydrogen-bond donors (Lipinski definition) is 0. The summed E-state index contributed by atoms with van der Waals surface area (Å²) < 4.78 is 5.84. The predicted octanol–water partition coefficient (Wildman–Crippen LogP) is 4.70. The second-order valence-electron chi connectivity index (χ2n) is 9.57. The summed E-state index contributed by atoms with van der Waals surface area (Å²) in [7, 11) is 0. The molecule has 0 radical (unpaired) electrons. The Morgan fingerprint density at radius 3 is 2.72 bits per heavy atom. The van der Waals surface area contributed by atoms with Crippen LogP contribution in [0.15, 0.2) is 11.6 Å². The lowest BCUT2D eigenvalue weighted by Crippen LogP contribution is -2.54. The molecule has 3 fully saturated rings. The molecule has 0 N–H and O–H groups in total. The molecule has 0 aromatic rings. The minimum atomic E-state index is -0.153. The van der Waals surface area contributed by atoms with E-state index < -0.39 is 0 Å². The molecule has 3 nitrogen and oxygen atoms in total. The highest BCUT2D eigenvalue weighted by Crippen LogP contribution is 2.65. The molecule has 0 spiro atoms. The van der Waals surface area contributed by atoms with Gasteiger partial charge in [-0.1, -0.05) is 32.4 Å². The maximum absolute atomic E-state index is 12.8. The van der Waals surface area contributed by atoms with Crippen LogP contribution in [-0.4, -0.2) is 17.9 Å². The van der Waals surface area contributed by atoms with Crippen molar-refractivity contribution >= 4 is 11.8 Å². The number of allylic oxidation sites excluding steroid dienone is 1. The normalized spacial score (nSPS) is 48.9. The van der Waals surface area contributed by atoms with Crippen LogP contribution in [0.1, 0.15) is 72.6 Å². The van der Waals surface area contributed by atoms with E-state index in [-0.39, 0.29) is 28.8 Å². The first-order valence-electron chi connectivity index (χ1n) is 10.2. The molecule has 7 atom stereocenters. The molecular weight excluding hydrogens is 312 g/mol. The summed E-state index contributed by atoms with van der Waals surface area (Å²) in [4.78, 5) is 24.5. The molecule has 2 unspecified atom stereocenters. The molecule has 0 aromatic heterocycles. The van der Waals surface area contributed by atoms with E-state index in [1.54, 1.807) is 0 Å². The van der Waals surface area contributed by atoms with Crippen LogP contribution in [0.2, 0.25) is 0 Å². The first-order valence-corrected chi connectivity index (χ1v) is 10.2. The van der Waals surface area contributed by atoms with Crippen LogP contribution in [0.4, 0.5) is 0 Å². The molecule has 0 bridgehead atoms. The second-order valence-corrected chi connectivity index (χ2v) is 9.57. The highest BCUT2D eigenvalue weighted by atomic mass is 16.5. The van der Waals surface area contributed by atoms with Crippen molar-refractivity contribution < 1.29 is 14.3 Å². The van der Waals surface area contributed by atoms with Crippen molar-refractivity contribution in [2.45, 2.75) is 78.7 Å². The molecular formula is C22H32O3. The number of esters is 1. The average molecular weight is 344 g/mol. The van der Waals surface area contributed by atoms with E-state index in [9.17, 15) is 9.59 Å². The van der Waals surface area contributed by atoms with Gasteiger partial charge in [0.05, 0.1) is 0 Å². The number of rotatable bonds is 1. The summed E-state index contributed by atoms with van der Waals surface area (Å²) in [5, 5.41) is 0. The zero-order chi connectivity index (χ0) is 18.0. The third kappa shape index (κ3) is 2.30. The van der Waals surface area contributed by atoms with Crippen molar-refractivity contribution in [2.24, 2.45) is 34.5 Å². The highest BCUT2D eigenvalue weighted by molar-refractivity contribution is 5.89. The van der Waals surface area contributed by atoms with Crippen molar-refractivity contribution in [2.75, 3.05) is 0 Å². The van der Waals surface area contributed by atoms with Gasteiger partial charge >= 0.3 is 5.97 Å². The maximum Gasteiger partial charge on any atom is 0.302 e. The molecule has 4 aliphatic rings. The minimum Gasteiger partial charge on any atom is -0.462 e. The molecule has 0 aromatic carbocycles. The van der Waals surface area contributed by atoms with Crippen molar-refractivity contribution in [1.29, 1.82) is 0 Å². The molecule has 0 amide bonds. The van der Waals surface area contributed by atoms with Gasteiger partial charge in [-0.25, -0.2) is 0 Å². The SMILES string of the molecule is CC(=O)OC1CCCC2=CC[C@H]3[C@@H]4CC(C)C(=O)[C@@]4(C)CC[C@@H]3[C@]21C. The summed E-state index contributed by atoms with van der Waals surface area (Å²) in [6.07, 6.45) is 9.99. The Kier molecular flexibility index (Phi) is 3.94. The number of ether oxygens (including phenoxy) is 1. The van der Waals surface area contributed by atoms with Gasteiger partial charge in [0.1, 0.15) is 11.9 Å². The van der Waals surface area contributed by atoms with Crippen LogP contribution in [0.3, 0.4) is 0 Å². The number of ketones is 1. The molecule has 4 aliphatic carbocycles. The van der Waals surface area contributed by atoms with E-state index in [2.05, 4.69) is 26.8 Å². The van der Waals surface area contributed by atoms with Crippen molar-refractivity contribution in [3.8, 4) is 0 Å². The van der Waals surface area contributed by atoms with Crippen molar-refractivity contribution in [3.05, 3.63) is 11.6 Å². The molecule has 0 saturated heterocycles. The Balaban J connectivity index is 1.71. The zero-order valence-electron chi connectivity index (χ0n) is 16.1. The summed E-state index contributed by atoms with van der Waals surface area (Å²) >= 11 is 0. The van der Waals surface area contributed by atoms with Crippen molar-refractivity contribution in [1.82, 2.24) is 0 Å².